The van der Waals surface area contributed by atoms with Crippen molar-refractivity contribution in [3.05, 3.63) is 11.3 Å². The molecule has 1 aromatic heterocycles. The van der Waals surface area contributed by atoms with Gasteiger partial charge in [0.15, 0.2) is 0 Å². The molecule has 0 atom stereocenters. The van der Waals surface area contributed by atoms with Crippen LogP contribution >= 0.6 is 0 Å². The molecule has 0 saturated heterocycles. The number of aryl methyl sites for hydroxylation is 1. The second-order valence-corrected chi connectivity index (χ2v) is 5.71. The maximum Gasteiger partial charge on any atom is 0.236 e. The van der Waals surface area contributed by atoms with Crippen LogP contribution < -0.4 is 4.74 Å². The fraction of sp³-hybridized carbons (Fsp3) is 0.714. The Kier molecular flexibility index (Phi) is 3.41. The molecule has 6 nitrogen and oxygen atoms in total. The summed E-state index contributed by atoms with van der Waals surface area (Å²) in [5, 5.41) is 13.7. The van der Waals surface area contributed by atoms with Crippen molar-refractivity contribution in [2.75, 3.05) is 20.2 Å². The summed E-state index contributed by atoms with van der Waals surface area (Å²) in [5.41, 5.74) is 2.28. The third-order valence-electron chi connectivity index (χ3n) is 4.46. The number of hydrogen-bond donors (Lipinski definition) is 1. The molecule has 2 aliphatic rings. The number of fused-ring (bicyclic) bond motifs is 1. The third kappa shape index (κ3) is 2.18. The van der Waals surface area contributed by atoms with Gasteiger partial charge in [-0.2, -0.15) is 0 Å². The fourth-order valence-corrected chi connectivity index (χ4v) is 3.17. The Morgan fingerprint density at radius 1 is 1.35 bits per heavy atom. The number of aliphatic hydroxyl groups excluding tert-OH is 1. The van der Waals surface area contributed by atoms with Gasteiger partial charge >= 0.3 is 0 Å². The standard InChI is InChI=1S/C14H21N3O3/c1-16-12-4-6-17(14(19)9-7-10(18)8-9)5-3-11(12)13(15-16)20-2/h9-10,18H,3-8H2,1-2H3. The zero-order valence-corrected chi connectivity index (χ0v) is 12.0. The second kappa shape index (κ2) is 5.09. The van der Waals surface area contributed by atoms with Crippen LogP contribution in [-0.2, 0) is 24.7 Å². The molecule has 0 unspecified atom stereocenters. The lowest BCUT2D eigenvalue weighted by molar-refractivity contribution is -0.142. The van der Waals surface area contributed by atoms with Gasteiger partial charge < -0.3 is 14.7 Å². The van der Waals surface area contributed by atoms with E-state index in [2.05, 4.69) is 5.10 Å². The Morgan fingerprint density at radius 2 is 2.05 bits per heavy atom. The van der Waals surface area contributed by atoms with Gasteiger partial charge in [-0.1, -0.05) is 0 Å². The van der Waals surface area contributed by atoms with Gasteiger partial charge in [-0.3, -0.25) is 9.48 Å². The molecule has 1 aliphatic carbocycles. The molecule has 1 fully saturated rings. The van der Waals surface area contributed by atoms with Crippen LogP contribution in [0.15, 0.2) is 0 Å². The summed E-state index contributed by atoms with van der Waals surface area (Å²) in [4.78, 5) is 14.3. The van der Waals surface area contributed by atoms with Gasteiger partial charge in [0.2, 0.25) is 11.8 Å². The molecule has 1 saturated carbocycles. The summed E-state index contributed by atoms with van der Waals surface area (Å²) in [6, 6.07) is 0. The molecule has 3 rings (SSSR count). The zero-order valence-electron chi connectivity index (χ0n) is 12.0. The van der Waals surface area contributed by atoms with E-state index in [-0.39, 0.29) is 17.9 Å². The van der Waals surface area contributed by atoms with Crippen molar-refractivity contribution in [1.82, 2.24) is 14.7 Å². The van der Waals surface area contributed by atoms with Crippen LogP contribution in [0.2, 0.25) is 0 Å². The largest absolute Gasteiger partial charge is 0.480 e. The van der Waals surface area contributed by atoms with Crippen molar-refractivity contribution >= 4 is 5.91 Å². The molecular formula is C14H21N3O3. The highest BCUT2D eigenvalue weighted by Gasteiger charge is 2.36. The van der Waals surface area contributed by atoms with Crippen LogP contribution in [0.5, 0.6) is 5.88 Å². The van der Waals surface area contributed by atoms with Crippen molar-refractivity contribution in [1.29, 1.82) is 0 Å². The summed E-state index contributed by atoms with van der Waals surface area (Å²) in [5.74, 6) is 0.886. The first-order chi connectivity index (χ1) is 9.60. The van der Waals surface area contributed by atoms with Crippen LogP contribution in [0.3, 0.4) is 0 Å². The first-order valence-electron chi connectivity index (χ1n) is 7.15. The predicted molar refractivity (Wildman–Crippen MR) is 72.5 cm³/mol. The van der Waals surface area contributed by atoms with E-state index in [1.54, 1.807) is 7.11 Å². The normalized spacial score (nSPS) is 25.6. The van der Waals surface area contributed by atoms with Crippen molar-refractivity contribution in [2.45, 2.75) is 31.8 Å². The fourth-order valence-electron chi connectivity index (χ4n) is 3.17. The molecule has 1 aliphatic heterocycles. The van der Waals surface area contributed by atoms with E-state index in [1.807, 2.05) is 16.6 Å². The van der Waals surface area contributed by atoms with E-state index in [1.165, 1.54) is 0 Å². The van der Waals surface area contributed by atoms with Crippen molar-refractivity contribution in [2.24, 2.45) is 13.0 Å². The molecular weight excluding hydrogens is 258 g/mol. The van der Waals surface area contributed by atoms with Gasteiger partial charge in [0.1, 0.15) is 0 Å². The molecule has 110 valence electrons. The monoisotopic (exact) mass is 279 g/mol. The minimum atomic E-state index is -0.280. The van der Waals surface area contributed by atoms with E-state index in [9.17, 15) is 9.90 Å². The maximum absolute atomic E-state index is 12.4. The maximum atomic E-state index is 12.4. The number of carbonyl (C=O) groups is 1. The Hall–Kier alpha value is -1.56. The highest BCUT2D eigenvalue weighted by atomic mass is 16.5. The predicted octanol–water partition coefficient (Wildman–Crippen LogP) is 0.127. The molecule has 6 heteroatoms. The second-order valence-electron chi connectivity index (χ2n) is 5.71. The summed E-state index contributed by atoms with van der Waals surface area (Å²) < 4.78 is 7.17. The van der Waals surface area contributed by atoms with Crippen molar-refractivity contribution < 1.29 is 14.6 Å². The molecule has 20 heavy (non-hydrogen) atoms. The van der Waals surface area contributed by atoms with Crippen LogP contribution in [0.1, 0.15) is 24.1 Å². The van der Waals surface area contributed by atoms with Crippen LogP contribution in [-0.4, -0.2) is 52.0 Å². The number of ether oxygens (including phenoxy) is 1. The van der Waals surface area contributed by atoms with Crippen molar-refractivity contribution in [3.8, 4) is 5.88 Å². The number of aliphatic hydroxyl groups is 1. The molecule has 1 N–H and O–H groups in total. The SMILES string of the molecule is COc1nn(C)c2c1CCN(C(=O)C1CC(O)C1)CC2. The van der Waals surface area contributed by atoms with E-state index in [0.29, 0.717) is 25.3 Å². The molecule has 1 aromatic rings. The number of aromatic nitrogens is 2. The topological polar surface area (TPSA) is 67.6 Å². The number of methoxy groups -OCH3 is 1. The zero-order chi connectivity index (χ0) is 14.3. The quantitative estimate of drug-likeness (QED) is 0.835. The van der Waals surface area contributed by atoms with Crippen LogP contribution in [0.4, 0.5) is 0 Å². The average Bonchev–Trinajstić information content (AvgIpc) is 2.59. The molecule has 0 bridgehead atoms. The van der Waals surface area contributed by atoms with Gasteiger partial charge in [0.25, 0.3) is 0 Å². The van der Waals surface area contributed by atoms with Crippen LogP contribution in [0.25, 0.3) is 0 Å². The van der Waals surface area contributed by atoms with Gasteiger partial charge in [-0.15, -0.1) is 5.10 Å². The number of nitrogens with zero attached hydrogens (tertiary/aromatic N) is 3. The number of rotatable bonds is 2. The average molecular weight is 279 g/mol. The van der Waals surface area contributed by atoms with E-state index in [4.69, 9.17) is 4.74 Å². The Labute approximate surface area is 118 Å². The number of amides is 1. The summed E-state index contributed by atoms with van der Waals surface area (Å²) in [7, 11) is 3.55. The first kappa shape index (κ1) is 13.4. The first-order valence-corrected chi connectivity index (χ1v) is 7.15. The molecule has 0 spiro atoms. The molecule has 0 radical (unpaired) electrons. The molecule has 1 amide bonds. The Bertz CT molecular complexity index is 520. The summed E-state index contributed by atoms with van der Waals surface area (Å²) in [6.45, 7) is 1.43. The van der Waals surface area contributed by atoms with E-state index >= 15 is 0 Å². The van der Waals surface area contributed by atoms with Gasteiger partial charge in [-0.05, 0) is 19.3 Å². The van der Waals surface area contributed by atoms with Gasteiger partial charge in [0, 0.05) is 43.7 Å². The third-order valence-corrected chi connectivity index (χ3v) is 4.46. The lowest BCUT2D eigenvalue weighted by Gasteiger charge is -2.34. The highest BCUT2D eigenvalue weighted by Crippen LogP contribution is 2.31. The van der Waals surface area contributed by atoms with Gasteiger partial charge in [0.05, 0.1) is 13.2 Å². The summed E-state index contributed by atoms with van der Waals surface area (Å²) in [6.07, 6.45) is 2.55. The lowest BCUT2D eigenvalue weighted by Crippen LogP contribution is -2.44. The summed E-state index contributed by atoms with van der Waals surface area (Å²) >= 11 is 0. The molecule has 2 heterocycles. The highest BCUT2D eigenvalue weighted by molar-refractivity contribution is 5.80. The molecule has 0 aromatic carbocycles. The minimum Gasteiger partial charge on any atom is -0.480 e. The lowest BCUT2D eigenvalue weighted by atomic mass is 9.81. The van der Waals surface area contributed by atoms with E-state index in [0.717, 1.165) is 30.6 Å². The Morgan fingerprint density at radius 3 is 2.70 bits per heavy atom. The number of carbonyl (C=O) groups excluding carboxylic acids is 1. The van der Waals surface area contributed by atoms with Crippen LogP contribution in [0, 0.1) is 5.92 Å². The van der Waals surface area contributed by atoms with Gasteiger partial charge in [-0.25, -0.2) is 0 Å². The van der Waals surface area contributed by atoms with E-state index < -0.39 is 0 Å². The smallest absolute Gasteiger partial charge is 0.236 e. The number of hydrogen-bond acceptors (Lipinski definition) is 4. The minimum absolute atomic E-state index is 0.0197. The van der Waals surface area contributed by atoms with Crippen molar-refractivity contribution in [3.63, 3.8) is 0 Å². The Balaban J connectivity index is 1.71.